The number of amides is 1. The van der Waals surface area contributed by atoms with Gasteiger partial charge in [-0.1, -0.05) is 18.2 Å². The molecule has 3 aromatic rings. The molecular formula is C23H20F4N4O5. The van der Waals surface area contributed by atoms with E-state index in [1.54, 1.807) is 37.4 Å². The number of carbonyl (C=O) groups is 2. The van der Waals surface area contributed by atoms with Crippen molar-refractivity contribution in [2.45, 2.75) is 18.6 Å². The Balaban J connectivity index is 0.000000454. The maximum atomic E-state index is 14.7. The molecule has 1 fully saturated rings. The molecule has 2 aromatic carbocycles. The molecule has 1 saturated heterocycles. The van der Waals surface area contributed by atoms with E-state index in [0.717, 1.165) is 5.56 Å². The van der Waals surface area contributed by atoms with Gasteiger partial charge in [0.15, 0.2) is 5.58 Å². The first-order chi connectivity index (χ1) is 16.9. The lowest BCUT2D eigenvalue weighted by Gasteiger charge is -2.26. The first-order valence-corrected chi connectivity index (χ1v) is 10.5. The van der Waals surface area contributed by atoms with E-state index in [0.29, 0.717) is 35.3 Å². The summed E-state index contributed by atoms with van der Waals surface area (Å²) in [5, 5.41) is 22.1. The largest absolute Gasteiger partial charge is 0.490 e. The van der Waals surface area contributed by atoms with Gasteiger partial charge in [-0.2, -0.15) is 18.4 Å². The number of hydrogen-bond donors (Lipinski definition) is 3. The molecule has 9 nitrogen and oxygen atoms in total. The van der Waals surface area contributed by atoms with Crippen LogP contribution in [0.1, 0.15) is 5.56 Å². The molecule has 1 aliphatic heterocycles. The number of alkyl halides is 3. The summed E-state index contributed by atoms with van der Waals surface area (Å²) >= 11 is 0. The number of oxazole rings is 1. The number of aliphatic carboxylic acids is 1. The highest BCUT2D eigenvalue weighted by molar-refractivity contribution is 5.81. The summed E-state index contributed by atoms with van der Waals surface area (Å²) in [6.45, 7) is 1.19. The van der Waals surface area contributed by atoms with Crippen molar-refractivity contribution < 1.29 is 36.7 Å². The normalized spacial score (nSPS) is 14.2. The predicted molar refractivity (Wildman–Crippen MR) is 118 cm³/mol. The Morgan fingerprint density at radius 2 is 1.86 bits per heavy atom. The van der Waals surface area contributed by atoms with Crippen LogP contribution in [-0.2, 0) is 23.1 Å². The summed E-state index contributed by atoms with van der Waals surface area (Å²) in [5.41, 5.74) is 2.81. The molecule has 190 valence electrons. The highest BCUT2D eigenvalue weighted by Crippen LogP contribution is 2.26. The lowest BCUT2D eigenvalue weighted by Crippen LogP contribution is -2.52. The average molecular weight is 508 g/mol. The number of carboxylic acids is 1. The summed E-state index contributed by atoms with van der Waals surface area (Å²) in [4.78, 5) is 32.5. The smallest absolute Gasteiger partial charge is 0.475 e. The number of hydrogen-bond acceptors (Lipinski definition) is 6. The number of carboxylic acid groups (broad SMARTS) is 1. The molecule has 1 aromatic heterocycles. The zero-order valence-electron chi connectivity index (χ0n) is 18.7. The molecule has 3 N–H and O–H groups in total. The number of nitrogens with one attached hydrogen (secondary N) is 2. The lowest BCUT2D eigenvalue weighted by molar-refractivity contribution is -0.192. The van der Waals surface area contributed by atoms with Gasteiger partial charge in [-0.3, -0.25) is 9.36 Å². The summed E-state index contributed by atoms with van der Waals surface area (Å²) in [6, 6.07) is 11.2. The van der Waals surface area contributed by atoms with Crippen LogP contribution in [0.2, 0.25) is 0 Å². The molecule has 0 unspecified atom stereocenters. The number of aromatic nitrogens is 1. The van der Waals surface area contributed by atoms with Crippen molar-refractivity contribution in [3.8, 4) is 17.2 Å². The number of fused-ring (bicyclic) bond motifs is 1. The van der Waals surface area contributed by atoms with Crippen molar-refractivity contribution in [3.05, 3.63) is 58.3 Å². The fourth-order valence-electron chi connectivity index (χ4n) is 3.31. The first kappa shape index (κ1) is 26.4. The van der Waals surface area contributed by atoms with E-state index in [1.807, 2.05) is 6.07 Å². The molecule has 1 aliphatic rings. The van der Waals surface area contributed by atoms with Crippen molar-refractivity contribution in [2.75, 3.05) is 13.1 Å². The third kappa shape index (κ3) is 6.08. The van der Waals surface area contributed by atoms with E-state index in [1.165, 1.54) is 10.6 Å². The lowest BCUT2D eigenvalue weighted by atomic mass is 9.98. The summed E-state index contributed by atoms with van der Waals surface area (Å²) < 4.78 is 52.9. The second-order valence-corrected chi connectivity index (χ2v) is 7.97. The van der Waals surface area contributed by atoms with Crippen molar-refractivity contribution in [1.29, 1.82) is 5.26 Å². The van der Waals surface area contributed by atoms with Crippen LogP contribution in [0.15, 0.2) is 45.6 Å². The van der Waals surface area contributed by atoms with Crippen LogP contribution in [0, 0.1) is 23.1 Å². The molecular weight excluding hydrogens is 488 g/mol. The quantitative estimate of drug-likeness (QED) is 0.450. The fraction of sp³-hybridized carbons (Fsp3) is 0.304. The van der Waals surface area contributed by atoms with Crippen LogP contribution in [-0.4, -0.2) is 46.9 Å². The van der Waals surface area contributed by atoms with E-state index in [-0.39, 0.29) is 18.2 Å². The number of carbonyl (C=O) groups excluding carboxylic acids is 1. The van der Waals surface area contributed by atoms with Gasteiger partial charge in [0.2, 0.25) is 5.91 Å². The van der Waals surface area contributed by atoms with Crippen molar-refractivity contribution in [1.82, 2.24) is 15.2 Å². The van der Waals surface area contributed by atoms with Gasteiger partial charge in [-0.05, 0) is 34.9 Å². The van der Waals surface area contributed by atoms with Crippen LogP contribution < -0.4 is 16.4 Å². The van der Waals surface area contributed by atoms with Crippen LogP contribution in [0.3, 0.4) is 0 Å². The second kappa shape index (κ2) is 10.6. The molecule has 2 heterocycles. The van der Waals surface area contributed by atoms with Crippen molar-refractivity contribution >= 4 is 23.0 Å². The third-order valence-corrected chi connectivity index (χ3v) is 5.47. The highest BCUT2D eigenvalue weighted by Gasteiger charge is 2.38. The zero-order valence-corrected chi connectivity index (χ0v) is 18.7. The Bertz CT molecular complexity index is 1390. The van der Waals surface area contributed by atoms with Crippen LogP contribution in [0.5, 0.6) is 0 Å². The summed E-state index contributed by atoms with van der Waals surface area (Å²) in [6.07, 6.45) is -5.00. The molecule has 1 amide bonds. The molecule has 1 atom stereocenters. The Labute approximate surface area is 200 Å². The fourth-order valence-corrected chi connectivity index (χ4v) is 3.31. The molecule has 0 spiro atoms. The SMILES string of the molecule is Cn1c(=O)oc2ccc(-c3ccc(C[C@@H](C#N)NC(=O)C4CNC4)c(F)c3)cc21.O=C(O)C(F)(F)F. The maximum Gasteiger partial charge on any atom is 0.490 e. The van der Waals surface area contributed by atoms with Gasteiger partial charge in [-0.25, -0.2) is 14.0 Å². The summed E-state index contributed by atoms with van der Waals surface area (Å²) in [7, 11) is 1.61. The second-order valence-electron chi connectivity index (χ2n) is 7.97. The van der Waals surface area contributed by atoms with Gasteiger partial charge in [0.1, 0.15) is 11.9 Å². The van der Waals surface area contributed by atoms with Crippen LogP contribution in [0.25, 0.3) is 22.2 Å². The first-order valence-electron chi connectivity index (χ1n) is 10.5. The van der Waals surface area contributed by atoms with Gasteiger partial charge in [-0.15, -0.1) is 0 Å². The van der Waals surface area contributed by atoms with E-state index in [2.05, 4.69) is 10.6 Å². The number of benzene rings is 2. The van der Waals surface area contributed by atoms with Crippen molar-refractivity contribution in [2.24, 2.45) is 13.0 Å². The number of nitriles is 1. The Kier molecular flexibility index (Phi) is 7.79. The van der Waals surface area contributed by atoms with Crippen molar-refractivity contribution in [3.63, 3.8) is 0 Å². The van der Waals surface area contributed by atoms with Gasteiger partial charge in [0.05, 0.1) is 17.5 Å². The number of nitrogens with zero attached hydrogens (tertiary/aromatic N) is 2. The topological polar surface area (TPSA) is 137 Å². The van der Waals surface area contributed by atoms with E-state index in [4.69, 9.17) is 14.3 Å². The molecule has 0 radical (unpaired) electrons. The van der Waals surface area contributed by atoms with Gasteiger partial charge in [0.25, 0.3) is 0 Å². The molecule has 13 heteroatoms. The molecule has 4 rings (SSSR count). The van der Waals surface area contributed by atoms with Crippen LogP contribution >= 0.6 is 0 Å². The average Bonchev–Trinajstić information content (AvgIpc) is 3.06. The standard InChI is InChI=1S/C21H19FN4O3.C2HF3O2/c1-26-18-8-13(4-5-19(18)29-21(26)28)12-2-3-14(17(22)7-12)6-16(9-23)25-20(27)15-10-24-11-15;3-2(4,5)1(6)7/h2-5,7-8,15-16,24H,6,10-11H2,1H3,(H,25,27);(H,6,7)/t16-;/m0./s1. The Morgan fingerprint density at radius 3 is 2.39 bits per heavy atom. The Morgan fingerprint density at radius 1 is 1.25 bits per heavy atom. The maximum absolute atomic E-state index is 14.7. The van der Waals surface area contributed by atoms with Gasteiger partial charge >= 0.3 is 17.9 Å². The summed E-state index contributed by atoms with van der Waals surface area (Å²) in [5.74, 6) is -3.99. The predicted octanol–water partition coefficient (Wildman–Crippen LogP) is 2.34. The minimum Gasteiger partial charge on any atom is -0.475 e. The van der Waals surface area contributed by atoms with E-state index >= 15 is 0 Å². The van der Waals surface area contributed by atoms with Gasteiger partial charge in [0, 0.05) is 26.6 Å². The minimum absolute atomic E-state index is 0.0871. The monoisotopic (exact) mass is 508 g/mol. The van der Waals surface area contributed by atoms with Gasteiger partial charge < -0.3 is 20.2 Å². The minimum atomic E-state index is -5.08. The van der Waals surface area contributed by atoms with Crippen LogP contribution in [0.4, 0.5) is 17.6 Å². The molecule has 0 bridgehead atoms. The Hall–Kier alpha value is -4.18. The number of halogens is 4. The number of rotatable bonds is 5. The van der Waals surface area contributed by atoms with E-state index < -0.39 is 29.8 Å². The molecule has 0 aliphatic carbocycles. The number of aryl methyl sites for hydroxylation is 1. The van der Waals surface area contributed by atoms with E-state index in [9.17, 15) is 32.4 Å². The molecule has 0 saturated carbocycles. The molecule has 36 heavy (non-hydrogen) atoms. The zero-order chi connectivity index (χ0) is 26.6. The highest BCUT2D eigenvalue weighted by atomic mass is 19.4. The third-order valence-electron chi connectivity index (χ3n) is 5.47.